The first-order valence-corrected chi connectivity index (χ1v) is 8.78. The quantitative estimate of drug-likeness (QED) is 0.543. The number of ether oxygens (including phenoxy) is 1. The monoisotopic (exact) mass is 310 g/mol. The molecule has 22 heavy (non-hydrogen) atoms. The highest BCUT2D eigenvalue weighted by atomic mass is 19.2. The minimum absolute atomic E-state index is 0.0552. The third kappa shape index (κ3) is 4.21. The van der Waals surface area contributed by atoms with Gasteiger partial charge in [-0.25, -0.2) is 4.39 Å². The van der Waals surface area contributed by atoms with Crippen LogP contribution in [0.1, 0.15) is 76.7 Å². The molecule has 1 aliphatic carbocycles. The summed E-state index contributed by atoms with van der Waals surface area (Å²) in [7, 11) is 0. The summed E-state index contributed by atoms with van der Waals surface area (Å²) in [5, 5.41) is 0. The van der Waals surface area contributed by atoms with Gasteiger partial charge in [-0.05, 0) is 55.6 Å². The molecule has 0 saturated heterocycles. The van der Waals surface area contributed by atoms with Crippen LogP contribution in [-0.4, -0.2) is 6.61 Å². The molecular formula is C19H28F2O. The van der Waals surface area contributed by atoms with Gasteiger partial charge in [-0.3, -0.25) is 0 Å². The number of unbranched alkanes of at least 4 members (excludes halogenated alkanes) is 2. The van der Waals surface area contributed by atoms with Crippen molar-refractivity contribution in [3.8, 4) is 5.75 Å². The van der Waals surface area contributed by atoms with E-state index in [9.17, 15) is 8.78 Å². The fourth-order valence-electron chi connectivity index (χ4n) is 3.39. The van der Waals surface area contributed by atoms with E-state index in [1.807, 2.05) is 0 Å². The largest absolute Gasteiger partial charge is 0.490 e. The maximum atomic E-state index is 14.3. The molecule has 0 heterocycles. The number of benzene rings is 1. The first-order valence-electron chi connectivity index (χ1n) is 8.78. The highest BCUT2D eigenvalue weighted by molar-refractivity contribution is 5.33. The van der Waals surface area contributed by atoms with Gasteiger partial charge < -0.3 is 4.74 Å². The third-order valence-corrected chi connectivity index (χ3v) is 4.95. The summed E-state index contributed by atoms with van der Waals surface area (Å²) in [5.41, 5.74) is 0.535. The van der Waals surface area contributed by atoms with Gasteiger partial charge in [0.05, 0.1) is 6.61 Å². The van der Waals surface area contributed by atoms with E-state index < -0.39 is 11.6 Å². The lowest BCUT2D eigenvalue weighted by Crippen LogP contribution is -2.14. The van der Waals surface area contributed by atoms with E-state index >= 15 is 0 Å². The number of halogens is 2. The molecule has 0 bridgehead atoms. The molecule has 1 aliphatic rings. The zero-order valence-corrected chi connectivity index (χ0v) is 13.8. The Kier molecular flexibility index (Phi) is 6.66. The first kappa shape index (κ1) is 17.2. The summed E-state index contributed by atoms with van der Waals surface area (Å²) >= 11 is 0. The van der Waals surface area contributed by atoms with Crippen LogP contribution >= 0.6 is 0 Å². The molecule has 0 aliphatic heterocycles. The Morgan fingerprint density at radius 2 is 1.73 bits per heavy atom. The lowest BCUT2D eigenvalue weighted by atomic mass is 9.77. The summed E-state index contributed by atoms with van der Waals surface area (Å²) in [4.78, 5) is 0. The van der Waals surface area contributed by atoms with Gasteiger partial charge in [0.1, 0.15) is 0 Å². The highest BCUT2D eigenvalue weighted by Gasteiger charge is 2.25. The molecule has 2 rings (SSSR count). The van der Waals surface area contributed by atoms with Gasteiger partial charge in [-0.15, -0.1) is 0 Å². The molecule has 0 spiro atoms. The van der Waals surface area contributed by atoms with E-state index in [0.717, 1.165) is 50.9 Å². The minimum Gasteiger partial charge on any atom is -0.490 e. The van der Waals surface area contributed by atoms with Crippen molar-refractivity contribution in [2.45, 2.75) is 71.1 Å². The van der Waals surface area contributed by atoms with Crippen LogP contribution in [0.15, 0.2) is 12.1 Å². The maximum Gasteiger partial charge on any atom is 0.200 e. The zero-order chi connectivity index (χ0) is 15.9. The molecule has 1 nitrogen and oxygen atoms in total. The van der Waals surface area contributed by atoms with Gasteiger partial charge in [0.25, 0.3) is 0 Å². The molecule has 1 fully saturated rings. The predicted molar refractivity (Wildman–Crippen MR) is 86.4 cm³/mol. The normalized spacial score (nSPS) is 21.8. The second kappa shape index (κ2) is 8.50. The lowest BCUT2D eigenvalue weighted by Gasteiger charge is -2.28. The summed E-state index contributed by atoms with van der Waals surface area (Å²) in [5.74, 6) is -0.545. The minimum atomic E-state index is -0.813. The fraction of sp³-hybridized carbons (Fsp3) is 0.684. The van der Waals surface area contributed by atoms with E-state index in [1.54, 1.807) is 12.1 Å². The standard InChI is InChI=1S/C19H28F2O/c1-3-5-6-13-22-17-12-11-16(18(20)19(17)21)15-9-7-14(4-2)8-10-15/h11-12,14-15H,3-10,13H2,1-2H3/t14-,15-. The van der Waals surface area contributed by atoms with Crippen molar-refractivity contribution in [2.24, 2.45) is 5.92 Å². The van der Waals surface area contributed by atoms with Crippen molar-refractivity contribution in [1.29, 1.82) is 0 Å². The summed E-state index contributed by atoms with van der Waals surface area (Å²) in [6, 6.07) is 3.33. The highest BCUT2D eigenvalue weighted by Crippen LogP contribution is 2.39. The van der Waals surface area contributed by atoms with Crippen LogP contribution in [0.3, 0.4) is 0 Å². The smallest absolute Gasteiger partial charge is 0.200 e. The molecule has 1 aromatic carbocycles. The maximum absolute atomic E-state index is 14.3. The Hall–Kier alpha value is -1.12. The molecule has 0 unspecified atom stereocenters. The molecule has 0 amide bonds. The van der Waals surface area contributed by atoms with Crippen molar-refractivity contribution >= 4 is 0 Å². The van der Waals surface area contributed by atoms with Gasteiger partial charge in [0.2, 0.25) is 5.82 Å². The van der Waals surface area contributed by atoms with Crippen molar-refractivity contribution in [3.05, 3.63) is 29.3 Å². The predicted octanol–water partition coefficient (Wildman–Crippen LogP) is 6.22. The van der Waals surface area contributed by atoms with Crippen LogP contribution in [0, 0.1) is 17.6 Å². The number of hydrogen-bond donors (Lipinski definition) is 0. The Bertz CT molecular complexity index is 465. The van der Waals surface area contributed by atoms with Gasteiger partial charge in [-0.1, -0.05) is 39.2 Å². The van der Waals surface area contributed by atoms with Crippen molar-refractivity contribution < 1.29 is 13.5 Å². The van der Waals surface area contributed by atoms with Crippen molar-refractivity contribution in [2.75, 3.05) is 6.61 Å². The van der Waals surface area contributed by atoms with Gasteiger partial charge in [0.15, 0.2) is 11.6 Å². The van der Waals surface area contributed by atoms with Gasteiger partial charge >= 0.3 is 0 Å². The summed E-state index contributed by atoms with van der Waals surface area (Å²) in [6.07, 6.45) is 8.36. The summed E-state index contributed by atoms with van der Waals surface area (Å²) < 4.78 is 33.9. The topological polar surface area (TPSA) is 9.23 Å². The fourth-order valence-corrected chi connectivity index (χ4v) is 3.39. The van der Waals surface area contributed by atoms with E-state index in [4.69, 9.17) is 4.74 Å². The van der Waals surface area contributed by atoms with Crippen LogP contribution in [0.5, 0.6) is 5.75 Å². The summed E-state index contributed by atoms with van der Waals surface area (Å²) in [6.45, 7) is 4.75. The number of rotatable bonds is 7. The van der Waals surface area contributed by atoms with Crippen LogP contribution in [0.2, 0.25) is 0 Å². The van der Waals surface area contributed by atoms with Gasteiger partial charge in [-0.2, -0.15) is 4.39 Å². The molecular weight excluding hydrogens is 282 g/mol. The molecule has 0 aromatic heterocycles. The average molecular weight is 310 g/mol. The second-order valence-corrected chi connectivity index (χ2v) is 6.46. The van der Waals surface area contributed by atoms with Crippen LogP contribution < -0.4 is 4.74 Å². The molecule has 3 heteroatoms. The Balaban J connectivity index is 2.00. The van der Waals surface area contributed by atoms with Crippen molar-refractivity contribution in [1.82, 2.24) is 0 Å². The Morgan fingerprint density at radius 3 is 2.36 bits per heavy atom. The van der Waals surface area contributed by atoms with E-state index in [2.05, 4.69) is 13.8 Å². The third-order valence-electron chi connectivity index (χ3n) is 4.95. The van der Waals surface area contributed by atoms with Crippen LogP contribution in [0.25, 0.3) is 0 Å². The molecule has 0 atom stereocenters. The molecule has 124 valence electrons. The number of hydrogen-bond acceptors (Lipinski definition) is 1. The van der Waals surface area contributed by atoms with Gasteiger partial charge in [0, 0.05) is 0 Å². The molecule has 1 aromatic rings. The second-order valence-electron chi connectivity index (χ2n) is 6.46. The Labute approximate surface area is 133 Å². The van der Waals surface area contributed by atoms with E-state index in [0.29, 0.717) is 12.2 Å². The molecule has 0 radical (unpaired) electrons. The average Bonchev–Trinajstić information content (AvgIpc) is 2.55. The first-order chi connectivity index (χ1) is 10.7. The molecule has 0 N–H and O–H groups in total. The van der Waals surface area contributed by atoms with Crippen molar-refractivity contribution in [3.63, 3.8) is 0 Å². The van der Waals surface area contributed by atoms with Crippen LogP contribution in [-0.2, 0) is 0 Å². The Morgan fingerprint density at radius 1 is 1.00 bits per heavy atom. The van der Waals surface area contributed by atoms with E-state index in [1.165, 1.54) is 6.42 Å². The van der Waals surface area contributed by atoms with E-state index in [-0.39, 0.29) is 11.7 Å². The zero-order valence-electron chi connectivity index (χ0n) is 13.8. The van der Waals surface area contributed by atoms with Crippen LogP contribution in [0.4, 0.5) is 8.78 Å². The molecule has 1 saturated carbocycles. The SMILES string of the molecule is CCCCCOc1ccc([C@H]2CC[C@H](CC)CC2)c(F)c1F. The lowest BCUT2D eigenvalue weighted by molar-refractivity contribution is 0.282.